The molecule has 1 amide bonds. The van der Waals surface area contributed by atoms with Crippen LogP contribution in [0.25, 0.3) is 0 Å². The lowest BCUT2D eigenvalue weighted by Crippen LogP contribution is -2.48. The maximum atomic E-state index is 12.7. The van der Waals surface area contributed by atoms with Gasteiger partial charge >= 0.3 is 0 Å². The first-order chi connectivity index (χ1) is 8.15. The monoisotopic (exact) mass is 240 g/mol. The van der Waals surface area contributed by atoms with Crippen molar-refractivity contribution in [2.24, 2.45) is 11.1 Å². The average molecular weight is 240 g/mol. The highest BCUT2D eigenvalue weighted by molar-refractivity contribution is 5.83. The van der Waals surface area contributed by atoms with Gasteiger partial charge in [-0.05, 0) is 32.1 Å². The second-order valence-electron chi connectivity index (χ2n) is 5.27. The molecule has 0 radical (unpaired) electrons. The summed E-state index contributed by atoms with van der Waals surface area (Å²) in [5, 5.41) is 0. The molecule has 2 N–H and O–H groups in total. The van der Waals surface area contributed by atoms with E-state index in [9.17, 15) is 4.79 Å². The minimum Gasteiger partial charge on any atom is -0.339 e. The Labute approximate surface area is 106 Å². The molecule has 1 rings (SSSR count). The Kier molecular flexibility index (Phi) is 5.44. The van der Waals surface area contributed by atoms with Crippen LogP contribution in [0.5, 0.6) is 0 Å². The average Bonchev–Trinajstić information content (AvgIpc) is 3.17. The molecule has 3 nitrogen and oxygen atoms in total. The van der Waals surface area contributed by atoms with Gasteiger partial charge < -0.3 is 10.6 Å². The molecule has 0 atom stereocenters. The molecule has 0 saturated heterocycles. The third-order valence-electron chi connectivity index (χ3n) is 4.20. The molecule has 1 saturated carbocycles. The van der Waals surface area contributed by atoms with Gasteiger partial charge in [-0.1, -0.05) is 27.2 Å². The van der Waals surface area contributed by atoms with Gasteiger partial charge in [-0.3, -0.25) is 4.79 Å². The van der Waals surface area contributed by atoms with Gasteiger partial charge in [-0.15, -0.1) is 0 Å². The van der Waals surface area contributed by atoms with Crippen molar-refractivity contribution < 1.29 is 4.79 Å². The van der Waals surface area contributed by atoms with Crippen LogP contribution in [0.4, 0.5) is 0 Å². The minimum atomic E-state index is -0.309. The highest BCUT2D eigenvalue weighted by Gasteiger charge is 2.41. The minimum absolute atomic E-state index is 0.306. The number of nitrogens with two attached hydrogens (primary N) is 1. The van der Waals surface area contributed by atoms with Gasteiger partial charge in [-0.2, -0.15) is 0 Å². The van der Waals surface area contributed by atoms with Gasteiger partial charge in [0.25, 0.3) is 0 Å². The van der Waals surface area contributed by atoms with Crippen LogP contribution >= 0.6 is 0 Å². The summed E-state index contributed by atoms with van der Waals surface area (Å²) in [5.41, 5.74) is 5.56. The number of rotatable bonds is 8. The molecular formula is C14H28N2O. The summed E-state index contributed by atoms with van der Waals surface area (Å²) >= 11 is 0. The van der Waals surface area contributed by atoms with Crippen LogP contribution in [-0.2, 0) is 4.79 Å². The quantitative estimate of drug-likeness (QED) is 0.708. The molecule has 0 spiro atoms. The van der Waals surface area contributed by atoms with Gasteiger partial charge in [0.1, 0.15) is 0 Å². The van der Waals surface area contributed by atoms with Crippen LogP contribution < -0.4 is 5.73 Å². The first-order valence-electron chi connectivity index (χ1n) is 7.16. The van der Waals surface area contributed by atoms with E-state index in [0.29, 0.717) is 18.5 Å². The highest BCUT2D eigenvalue weighted by atomic mass is 16.2. The van der Waals surface area contributed by atoms with E-state index >= 15 is 0 Å². The number of nitrogens with zero attached hydrogens (tertiary/aromatic N) is 1. The number of hydrogen-bond acceptors (Lipinski definition) is 2. The SMILES string of the molecule is CCCCN(C(=O)C(CC)(CC)CN)C1CC1. The second-order valence-corrected chi connectivity index (χ2v) is 5.27. The van der Waals surface area contributed by atoms with E-state index in [4.69, 9.17) is 5.73 Å². The largest absolute Gasteiger partial charge is 0.339 e. The topological polar surface area (TPSA) is 46.3 Å². The van der Waals surface area contributed by atoms with E-state index in [2.05, 4.69) is 25.7 Å². The standard InChI is InChI=1S/C14H28N2O/c1-4-7-10-16(12-8-9-12)13(17)14(5-2,6-3)11-15/h12H,4-11,15H2,1-3H3. The first-order valence-corrected chi connectivity index (χ1v) is 7.16. The van der Waals surface area contributed by atoms with Crippen LogP contribution in [-0.4, -0.2) is 29.9 Å². The molecule has 0 aliphatic heterocycles. The maximum Gasteiger partial charge on any atom is 0.230 e. The third kappa shape index (κ3) is 3.21. The molecule has 1 aliphatic rings. The molecule has 3 heteroatoms. The molecule has 1 aliphatic carbocycles. The Morgan fingerprint density at radius 2 is 1.88 bits per heavy atom. The van der Waals surface area contributed by atoms with E-state index < -0.39 is 0 Å². The molecular weight excluding hydrogens is 212 g/mol. The van der Waals surface area contributed by atoms with E-state index in [0.717, 1.165) is 32.2 Å². The van der Waals surface area contributed by atoms with Crippen molar-refractivity contribution in [2.45, 2.75) is 65.3 Å². The van der Waals surface area contributed by atoms with Crippen molar-refractivity contribution in [1.82, 2.24) is 4.90 Å². The Hall–Kier alpha value is -0.570. The maximum absolute atomic E-state index is 12.7. The smallest absolute Gasteiger partial charge is 0.230 e. The molecule has 1 fully saturated rings. The zero-order valence-corrected chi connectivity index (χ0v) is 11.7. The van der Waals surface area contributed by atoms with Crippen molar-refractivity contribution >= 4 is 5.91 Å². The lowest BCUT2D eigenvalue weighted by atomic mass is 9.80. The van der Waals surface area contributed by atoms with Gasteiger partial charge in [0.05, 0.1) is 5.41 Å². The summed E-state index contributed by atoms with van der Waals surface area (Å²) in [4.78, 5) is 14.8. The third-order valence-corrected chi connectivity index (χ3v) is 4.20. The zero-order chi connectivity index (χ0) is 12.9. The zero-order valence-electron chi connectivity index (χ0n) is 11.7. The molecule has 0 bridgehead atoms. The Morgan fingerprint density at radius 1 is 1.29 bits per heavy atom. The Balaban J connectivity index is 2.74. The molecule has 0 heterocycles. The molecule has 0 aromatic rings. The van der Waals surface area contributed by atoms with E-state index in [-0.39, 0.29) is 5.41 Å². The highest BCUT2D eigenvalue weighted by Crippen LogP contribution is 2.34. The van der Waals surface area contributed by atoms with E-state index in [1.807, 2.05) is 0 Å². The number of hydrogen-bond donors (Lipinski definition) is 1. The molecule has 17 heavy (non-hydrogen) atoms. The fraction of sp³-hybridized carbons (Fsp3) is 0.929. The predicted molar refractivity (Wildman–Crippen MR) is 71.7 cm³/mol. The normalized spacial score (nSPS) is 16.0. The van der Waals surface area contributed by atoms with E-state index in [1.54, 1.807) is 0 Å². The number of carbonyl (C=O) groups excluding carboxylic acids is 1. The lowest BCUT2D eigenvalue weighted by Gasteiger charge is -2.35. The Bertz CT molecular complexity index is 236. The lowest BCUT2D eigenvalue weighted by molar-refractivity contribution is -0.143. The summed E-state index contributed by atoms with van der Waals surface area (Å²) in [6, 6.07) is 0.512. The van der Waals surface area contributed by atoms with Crippen molar-refractivity contribution in [1.29, 1.82) is 0 Å². The van der Waals surface area contributed by atoms with Crippen LogP contribution in [0, 0.1) is 5.41 Å². The summed E-state index contributed by atoms with van der Waals surface area (Å²) in [7, 11) is 0. The van der Waals surface area contributed by atoms with Gasteiger partial charge in [0.2, 0.25) is 5.91 Å². The molecule has 100 valence electrons. The summed E-state index contributed by atoms with van der Waals surface area (Å²) in [5.74, 6) is 0.306. The number of carbonyl (C=O) groups is 1. The Morgan fingerprint density at radius 3 is 2.24 bits per heavy atom. The summed E-state index contributed by atoms with van der Waals surface area (Å²) in [6.45, 7) is 7.74. The first kappa shape index (κ1) is 14.5. The van der Waals surface area contributed by atoms with Crippen LogP contribution in [0.3, 0.4) is 0 Å². The van der Waals surface area contributed by atoms with Crippen LogP contribution in [0.1, 0.15) is 59.3 Å². The predicted octanol–water partition coefficient (Wildman–Crippen LogP) is 2.54. The summed E-state index contributed by atoms with van der Waals surface area (Å²) in [6.07, 6.45) is 6.33. The van der Waals surface area contributed by atoms with Gasteiger partial charge in [-0.25, -0.2) is 0 Å². The summed E-state index contributed by atoms with van der Waals surface area (Å²) < 4.78 is 0. The van der Waals surface area contributed by atoms with Gasteiger partial charge in [0, 0.05) is 19.1 Å². The molecule has 0 unspecified atom stereocenters. The van der Waals surface area contributed by atoms with Crippen molar-refractivity contribution in [3.8, 4) is 0 Å². The van der Waals surface area contributed by atoms with Crippen molar-refractivity contribution in [3.05, 3.63) is 0 Å². The van der Waals surface area contributed by atoms with Crippen molar-refractivity contribution in [2.75, 3.05) is 13.1 Å². The fourth-order valence-electron chi connectivity index (χ4n) is 2.40. The van der Waals surface area contributed by atoms with Crippen molar-refractivity contribution in [3.63, 3.8) is 0 Å². The van der Waals surface area contributed by atoms with E-state index in [1.165, 1.54) is 12.8 Å². The van der Waals surface area contributed by atoms with Gasteiger partial charge in [0.15, 0.2) is 0 Å². The fourth-order valence-corrected chi connectivity index (χ4v) is 2.40. The molecule has 0 aromatic carbocycles. The number of amides is 1. The number of unbranched alkanes of at least 4 members (excludes halogenated alkanes) is 1. The second kappa shape index (κ2) is 6.39. The van der Waals surface area contributed by atoms with Crippen LogP contribution in [0.2, 0.25) is 0 Å². The molecule has 0 aromatic heterocycles. The van der Waals surface area contributed by atoms with Crippen LogP contribution in [0.15, 0.2) is 0 Å².